The maximum Gasteiger partial charge on any atom is 0.295 e. The second kappa shape index (κ2) is 7.23. The van der Waals surface area contributed by atoms with Crippen LogP contribution in [0.3, 0.4) is 0 Å². The Labute approximate surface area is 145 Å². The third kappa shape index (κ3) is 3.11. The number of amides is 1. The van der Waals surface area contributed by atoms with E-state index in [0.717, 1.165) is 41.5 Å². The Balaban J connectivity index is 2.34. The number of nitrogens with zero attached hydrogens (tertiary/aromatic N) is 2. The molecule has 0 aliphatic heterocycles. The third-order valence-corrected chi connectivity index (χ3v) is 4.79. The van der Waals surface area contributed by atoms with Gasteiger partial charge in [0.05, 0.1) is 17.5 Å². The molecule has 1 aliphatic carbocycles. The molecule has 3 N–H and O–H groups in total. The molecule has 1 aromatic carbocycles. The van der Waals surface area contributed by atoms with Crippen LogP contribution in [0.4, 0.5) is 0 Å². The zero-order valence-corrected chi connectivity index (χ0v) is 14.3. The lowest BCUT2D eigenvalue weighted by Gasteiger charge is -2.25. The van der Waals surface area contributed by atoms with Crippen molar-refractivity contribution in [1.29, 1.82) is 0 Å². The van der Waals surface area contributed by atoms with Gasteiger partial charge in [0, 0.05) is 0 Å². The number of carbonyl (C=O) groups excluding carboxylic acids is 1. The molecule has 2 aromatic rings. The summed E-state index contributed by atoms with van der Waals surface area (Å²) in [5, 5.41) is 10.2. The summed E-state index contributed by atoms with van der Waals surface area (Å²) in [5.41, 5.74) is 6.89. The van der Waals surface area contributed by atoms with Crippen LogP contribution in [0, 0.1) is 0 Å². The minimum Gasteiger partial charge on any atom is -0.409 e. The van der Waals surface area contributed by atoms with Gasteiger partial charge in [-0.1, -0.05) is 25.3 Å². The summed E-state index contributed by atoms with van der Waals surface area (Å²) in [4.78, 5) is 34.4. The summed E-state index contributed by atoms with van der Waals surface area (Å²) < 4.78 is 0.887. The molecule has 1 aliphatic rings. The molecule has 0 atom stereocenters. The van der Waals surface area contributed by atoms with Gasteiger partial charge in [-0.25, -0.2) is 4.98 Å². The number of nitrogens with two attached hydrogens (primary N) is 1. The van der Waals surface area contributed by atoms with Crippen LogP contribution in [0.1, 0.15) is 66.7 Å². The Morgan fingerprint density at radius 1 is 1.36 bits per heavy atom. The number of benzene rings is 1. The minimum atomic E-state index is -0.821. The first-order valence-corrected chi connectivity index (χ1v) is 8.71. The van der Waals surface area contributed by atoms with Crippen LogP contribution in [-0.2, 0) is 6.61 Å². The van der Waals surface area contributed by atoms with Gasteiger partial charge in [0.25, 0.3) is 11.5 Å². The first kappa shape index (κ1) is 17.4. The first-order chi connectivity index (χ1) is 12.1. The van der Waals surface area contributed by atoms with Crippen LogP contribution in [0.25, 0.3) is 10.9 Å². The molecule has 1 saturated carbocycles. The van der Waals surface area contributed by atoms with Gasteiger partial charge < -0.3 is 15.7 Å². The van der Waals surface area contributed by atoms with Gasteiger partial charge in [-0.2, -0.15) is 0 Å². The summed E-state index contributed by atoms with van der Waals surface area (Å²) in [7, 11) is 0. The highest BCUT2D eigenvalue weighted by Gasteiger charge is 2.25. The number of hydrogen-bond acceptors (Lipinski definition) is 5. The molecule has 0 spiro atoms. The molecule has 3 rings (SSSR count). The molecular weight excluding hydrogens is 322 g/mol. The number of aromatic nitrogens is 2. The maximum absolute atomic E-state index is 13.1. The van der Waals surface area contributed by atoms with E-state index in [1.54, 1.807) is 19.1 Å². The van der Waals surface area contributed by atoms with Gasteiger partial charge in [0.2, 0.25) is 5.82 Å². The molecule has 7 heteroatoms. The van der Waals surface area contributed by atoms with E-state index < -0.39 is 11.5 Å². The molecule has 1 aromatic heterocycles. The summed E-state index contributed by atoms with van der Waals surface area (Å²) in [6, 6.07) is 3.42. The number of rotatable bonds is 5. The van der Waals surface area contributed by atoms with Crippen molar-refractivity contribution in [3.05, 3.63) is 39.4 Å². The monoisotopic (exact) mass is 345 g/mol. The van der Waals surface area contributed by atoms with E-state index in [1.165, 1.54) is 6.42 Å². The van der Waals surface area contributed by atoms with Crippen molar-refractivity contribution in [2.24, 2.45) is 5.73 Å². The standard InChI is InChI=1S/C18H23N3O4/c1-2-25-21-17(16(19)23)20-13-9-8-12(10-22)14(15(13)18(21)24)11-6-4-3-5-7-11/h8-9,11,22H,2-7,10H2,1H3,(H2,19,23). The molecule has 1 amide bonds. The van der Waals surface area contributed by atoms with E-state index in [0.29, 0.717) is 10.9 Å². The highest BCUT2D eigenvalue weighted by Crippen LogP contribution is 2.37. The summed E-state index contributed by atoms with van der Waals surface area (Å²) >= 11 is 0. The Kier molecular flexibility index (Phi) is 5.03. The lowest BCUT2D eigenvalue weighted by Crippen LogP contribution is -2.36. The van der Waals surface area contributed by atoms with E-state index in [4.69, 9.17) is 10.6 Å². The third-order valence-electron chi connectivity index (χ3n) is 4.79. The van der Waals surface area contributed by atoms with Crippen LogP contribution in [0.2, 0.25) is 0 Å². The van der Waals surface area contributed by atoms with Crippen LogP contribution < -0.4 is 16.1 Å². The predicted octanol–water partition coefficient (Wildman–Crippen LogP) is 1.48. The number of aliphatic hydroxyl groups excluding tert-OH is 1. The van der Waals surface area contributed by atoms with Crippen molar-refractivity contribution < 1.29 is 14.7 Å². The number of aliphatic hydroxyl groups is 1. The Morgan fingerprint density at radius 2 is 2.08 bits per heavy atom. The van der Waals surface area contributed by atoms with E-state index in [1.807, 2.05) is 0 Å². The fourth-order valence-electron chi connectivity index (χ4n) is 3.73. The van der Waals surface area contributed by atoms with Crippen molar-refractivity contribution in [1.82, 2.24) is 9.71 Å². The Bertz CT molecular complexity index is 854. The van der Waals surface area contributed by atoms with Gasteiger partial charge in [-0.15, -0.1) is 4.73 Å². The molecule has 0 radical (unpaired) electrons. The Morgan fingerprint density at radius 3 is 2.68 bits per heavy atom. The van der Waals surface area contributed by atoms with Crippen LogP contribution in [0.15, 0.2) is 16.9 Å². The second-order valence-corrected chi connectivity index (χ2v) is 6.34. The smallest absolute Gasteiger partial charge is 0.295 e. The number of carbonyl (C=O) groups is 1. The van der Waals surface area contributed by atoms with Gasteiger partial charge >= 0.3 is 0 Å². The molecule has 1 heterocycles. The number of fused-ring (bicyclic) bond motifs is 1. The van der Waals surface area contributed by atoms with Gasteiger partial charge in [0.1, 0.15) is 6.61 Å². The highest BCUT2D eigenvalue weighted by atomic mass is 16.7. The molecular formula is C18H23N3O4. The molecule has 1 fully saturated rings. The zero-order chi connectivity index (χ0) is 18.0. The van der Waals surface area contributed by atoms with Gasteiger partial charge in [-0.3, -0.25) is 9.59 Å². The fourth-order valence-corrected chi connectivity index (χ4v) is 3.73. The van der Waals surface area contributed by atoms with Crippen molar-refractivity contribution in [3.63, 3.8) is 0 Å². The topological polar surface area (TPSA) is 107 Å². The molecule has 25 heavy (non-hydrogen) atoms. The van der Waals surface area contributed by atoms with Crippen molar-refractivity contribution in [3.8, 4) is 0 Å². The predicted molar refractivity (Wildman–Crippen MR) is 93.4 cm³/mol. The SMILES string of the molecule is CCOn1c(C(N)=O)nc2ccc(CO)c(C3CCCCC3)c2c1=O. The van der Waals surface area contributed by atoms with Crippen molar-refractivity contribution in [2.75, 3.05) is 6.61 Å². The zero-order valence-electron chi connectivity index (χ0n) is 14.3. The largest absolute Gasteiger partial charge is 0.409 e. The van der Waals surface area contributed by atoms with Gasteiger partial charge in [0.15, 0.2) is 0 Å². The minimum absolute atomic E-state index is 0.145. The van der Waals surface area contributed by atoms with E-state index >= 15 is 0 Å². The summed E-state index contributed by atoms with van der Waals surface area (Å²) in [5.74, 6) is -0.841. The van der Waals surface area contributed by atoms with Crippen LogP contribution >= 0.6 is 0 Å². The maximum atomic E-state index is 13.1. The van der Waals surface area contributed by atoms with Gasteiger partial charge in [-0.05, 0) is 42.9 Å². The highest BCUT2D eigenvalue weighted by molar-refractivity contribution is 5.92. The molecule has 0 saturated heterocycles. The number of hydrogen-bond donors (Lipinski definition) is 2. The quantitative estimate of drug-likeness (QED) is 0.853. The van der Waals surface area contributed by atoms with Crippen molar-refractivity contribution >= 4 is 16.8 Å². The average molecular weight is 345 g/mol. The van der Waals surface area contributed by atoms with Crippen LogP contribution in [-0.4, -0.2) is 27.3 Å². The fraction of sp³-hybridized carbons (Fsp3) is 0.500. The lowest BCUT2D eigenvalue weighted by molar-refractivity contribution is 0.0834. The van der Waals surface area contributed by atoms with E-state index in [-0.39, 0.29) is 25.0 Å². The average Bonchev–Trinajstić information content (AvgIpc) is 2.63. The summed E-state index contributed by atoms with van der Waals surface area (Å²) in [6.07, 6.45) is 5.31. The number of primary amides is 1. The molecule has 134 valence electrons. The normalized spacial score (nSPS) is 15.4. The lowest BCUT2D eigenvalue weighted by atomic mass is 9.80. The van der Waals surface area contributed by atoms with E-state index in [9.17, 15) is 14.7 Å². The van der Waals surface area contributed by atoms with Crippen molar-refractivity contribution in [2.45, 2.75) is 51.6 Å². The second-order valence-electron chi connectivity index (χ2n) is 6.34. The first-order valence-electron chi connectivity index (χ1n) is 8.71. The summed E-state index contributed by atoms with van der Waals surface area (Å²) in [6.45, 7) is 1.77. The molecule has 0 unspecified atom stereocenters. The molecule has 7 nitrogen and oxygen atoms in total. The van der Waals surface area contributed by atoms with Crippen LogP contribution in [0.5, 0.6) is 0 Å². The Hall–Kier alpha value is -2.41. The molecule has 0 bridgehead atoms. The van der Waals surface area contributed by atoms with E-state index in [2.05, 4.69) is 4.98 Å².